The number of hydrogen-bond acceptors (Lipinski definition) is 5. The molecule has 0 spiro atoms. The maximum Gasteiger partial charge on any atom is 0.254 e. The Labute approximate surface area is 150 Å². The van der Waals surface area contributed by atoms with E-state index in [1.165, 1.54) is 0 Å². The number of aromatic nitrogens is 4. The highest BCUT2D eigenvalue weighted by atomic mass is 16.1. The first kappa shape index (κ1) is 16.0. The lowest BCUT2D eigenvalue weighted by Gasteiger charge is -2.09. The van der Waals surface area contributed by atoms with Gasteiger partial charge in [-0.25, -0.2) is 4.98 Å². The minimum Gasteiger partial charge on any atom is -0.340 e. The van der Waals surface area contributed by atoms with E-state index in [2.05, 4.69) is 20.4 Å². The zero-order chi connectivity index (χ0) is 18.1. The Kier molecular flexibility index (Phi) is 3.93. The average molecular weight is 343 g/mol. The first-order valence-electron chi connectivity index (χ1n) is 8.28. The molecule has 2 aromatic carbocycles. The molecule has 26 heavy (non-hydrogen) atoms. The summed E-state index contributed by atoms with van der Waals surface area (Å²) in [6, 6.07) is 19.0. The van der Waals surface area contributed by atoms with Gasteiger partial charge in [-0.3, -0.25) is 4.79 Å². The summed E-state index contributed by atoms with van der Waals surface area (Å²) in [4.78, 5) is 20.4. The van der Waals surface area contributed by atoms with Crippen molar-refractivity contribution in [3.63, 3.8) is 0 Å². The zero-order valence-corrected chi connectivity index (χ0v) is 14.5. The molecule has 0 radical (unpaired) electrons. The molecule has 4 rings (SSSR count). The van der Waals surface area contributed by atoms with Gasteiger partial charge < -0.3 is 5.32 Å². The molecule has 1 N–H and O–H groups in total. The summed E-state index contributed by atoms with van der Waals surface area (Å²) in [6.07, 6.45) is 0. The minimum atomic E-state index is 0.0440. The highest BCUT2D eigenvalue weighted by Gasteiger charge is 2.11. The summed E-state index contributed by atoms with van der Waals surface area (Å²) in [6.45, 7) is 3.47. The van der Waals surface area contributed by atoms with E-state index < -0.39 is 0 Å². The van der Waals surface area contributed by atoms with Crippen molar-refractivity contribution < 1.29 is 4.79 Å². The molecule has 6 heteroatoms. The fourth-order valence-electron chi connectivity index (χ4n) is 2.72. The Balaban J connectivity index is 1.74. The number of ketones is 1. The standard InChI is InChI=1S/C20H17N5O/c1-13-12-18(22-17-10-8-15(9-11-17)14(2)26)25-20(21-13)23-19(24-25)16-6-4-3-5-7-16/h3-12,22H,1-2H3. The molecule has 0 aliphatic carbocycles. The molecule has 2 aromatic heterocycles. The first-order valence-corrected chi connectivity index (χ1v) is 8.28. The average Bonchev–Trinajstić information content (AvgIpc) is 3.07. The highest BCUT2D eigenvalue weighted by Crippen LogP contribution is 2.21. The van der Waals surface area contributed by atoms with Gasteiger partial charge in [0, 0.05) is 28.6 Å². The second kappa shape index (κ2) is 6.40. The topological polar surface area (TPSA) is 72.2 Å². The summed E-state index contributed by atoms with van der Waals surface area (Å²) in [5.41, 5.74) is 3.32. The molecule has 128 valence electrons. The van der Waals surface area contributed by atoms with Gasteiger partial charge >= 0.3 is 0 Å². The number of carbonyl (C=O) groups excluding carboxylic acids is 1. The van der Waals surface area contributed by atoms with Crippen LogP contribution < -0.4 is 5.32 Å². The number of rotatable bonds is 4. The third-order valence-corrected chi connectivity index (χ3v) is 4.04. The van der Waals surface area contributed by atoms with Crippen molar-refractivity contribution in [1.82, 2.24) is 19.6 Å². The van der Waals surface area contributed by atoms with Crippen LogP contribution in [0.4, 0.5) is 11.5 Å². The van der Waals surface area contributed by atoms with Gasteiger partial charge in [0.25, 0.3) is 5.78 Å². The highest BCUT2D eigenvalue weighted by molar-refractivity contribution is 5.94. The van der Waals surface area contributed by atoms with Crippen LogP contribution in [0.1, 0.15) is 23.0 Å². The van der Waals surface area contributed by atoms with E-state index >= 15 is 0 Å². The molecule has 0 amide bonds. The third kappa shape index (κ3) is 3.04. The number of anilines is 2. The monoisotopic (exact) mass is 343 g/mol. The molecule has 2 heterocycles. The van der Waals surface area contributed by atoms with Gasteiger partial charge in [-0.2, -0.15) is 9.50 Å². The molecule has 4 aromatic rings. The summed E-state index contributed by atoms with van der Waals surface area (Å²) >= 11 is 0. The maximum atomic E-state index is 11.4. The Bertz CT molecular complexity index is 1080. The lowest BCUT2D eigenvalue weighted by Crippen LogP contribution is -2.03. The van der Waals surface area contributed by atoms with E-state index in [0.717, 1.165) is 22.8 Å². The molecule has 0 saturated heterocycles. The predicted molar refractivity (Wildman–Crippen MR) is 101 cm³/mol. The predicted octanol–water partition coefficient (Wildman–Crippen LogP) is 4.05. The second-order valence-electron chi connectivity index (χ2n) is 6.05. The largest absolute Gasteiger partial charge is 0.340 e. The molecule has 0 saturated carbocycles. The molecule has 0 unspecified atom stereocenters. The lowest BCUT2D eigenvalue weighted by molar-refractivity contribution is 0.101. The molecule has 0 fully saturated rings. The van der Waals surface area contributed by atoms with Gasteiger partial charge in [-0.05, 0) is 38.1 Å². The van der Waals surface area contributed by atoms with E-state index in [1.807, 2.05) is 55.5 Å². The Morgan fingerprint density at radius 3 is 2.42 bits per heavy atom. The van der Waals surface area contributed by atoms with Gasteiger partial charge in [-0.1, -0.05) is 30.3 Å². The van der Waals surface area contributed by atoms with Crippen molar-refractivity contribution in [2.24, 2.45) is 0 Å². The number of Topliss-reactive ketones (excluding diaryl/α,β-unsaturated/α-hetero) is 1. The van der Waals surface area contributed by atoms with E-state index in [-0.39, 0.29) is 5.78 Å². The van der Waals surface area contributed by atoms with E-state index in [0.29, 0.717) is 17.2 Å². The van der Waals surface area contributed by atoms with Crippen LogP contribution in [0.3, 0.4) is 0 Å². The van der Waals surface area contributed by atoms with Gasteiger partial charge in [0.05, 0.1) is 0 Å². The van der Waals surface area contributed by atoms with Crippen LogP contribution in [0.5, 0.6) is 0 Å². The molecule has 0 aliphatic heterocycles. The number of hydrogen-bond donors (Lipinski definition) is 1. The van der Waals surface area contributed by atoms with Crippen LogP contribution in [0, 0.1) is 6.92 Å². The number of nitrogens with one attached hydrogen (secondary N) is 1. The van der Waals surface area contributed by atoms with Crippen LogP contribution in [-0.4, -0.2) is 25.4 Å². The molecular formula is C20H17N5O. The Morgan fingerprint density at radius 2 is 1.73 bits per heavy atom. The third-order valence-electron chi connectivity index (χ3n) is 4.04. The van der Waals surface area contributed by atoms with Crippen LogP contribution in [-0.2, 0) is 0 Å². The zero-order valence-electron chi connectivity index (χ0n) is 14.5. The number of carbonyl (C=O) groups is 1. The van der Waals surface area contributed by atoms with Crippen molar-refractivity contribution in [1.29, 1.82) is 0 Å². The van der Waals surface area contributed by atoms with Gasteiger partial charge in [0.15, 0.2) is 11.6 Å². The first-order chi connectivity index (χ1) is 12.6. The van der Waals surface area contributed by atoms with Crippen molar-refractivity contribution in [2.75, 3.05) is 5.32 Å². The quantitative estimate of drug-likeness (QED) is 0.566. The molecular weight excluding hydrogens is 326 g/mol. The van der Waals surface area contributed by atoms with Crippen molar-refractivity contribution >= 4 is 23.1 Å². The fraction of sp³-hybridized carbons (Fsp3) is 0.100. The number of nitrogens with zero attached hydrogens (tertiary/aromatic N) is 4. The minimum absolute atomic E-state index is 0.0440. The van der Waals surface area contributed by atoms with Crippen molar-refractivity contribution in [2.45, 2.75) is 13.8 Å². The Hall–Kier alpha value is -3.54. The lowest BCUT2D eigenvalue weighted by atomic mass is 10.1. The fourth-order valence-corrected chi connectivity index (χ4v) is 2.72. The van der Waals surface area contributed by atoms with Crippen molar-refractivity contribution in [3.05, 3.63) is 71.9 Å². The van der Waals surface area contributed by atoms with Gasteiger partial charge in [0.1, 0.15) is 5.82 Å². The summed E-state index contributed by atoms with van der Waals surface area (Å²) < 4.78 is 1.69. The smallest absolute Gasteiger partial charge is 0.254 e. The molecule has 6 nitrogen and oxygen atoms in total. The maximum absolute atomic E-state index is 11.4. The summed E-state index contributed by atoms with van der Waals surface area (Å²) in [5, 5.41) is 7.92. The second-order valence-corrected chi connectivity index (χ2v) is 6.05. The van der Waals surface area contributed by atoms with Gasteiger partial charge in [-0.15, -0.1) is 5.10 Å². The van der Waals surface area contributed by atoms with Crippen LogP contribution >= 0.6 is 0 Å². The van der Waals surface area contributed by atoms with E-state index in [4.69, 9.17) is 0 Å². The van der Waals surface area contributed by atoms with E-state index in [1.54, 1.807) is 23.6 Å². The van der Waals surface area contributed by atoms with Crippen LogP contribution in [0.25, 0.3) is 17.2 Å². The number of fused-ring (bicyclic) bond motifs is 1. The number of aryl methyl sites for hydroxylation is 1. The van der Waals surface area contributed by atoms with E-state index in [9.17, 15) is 4.79 Å². The summed E-state index contributed by atoms with van der Waals surface area (Å²) in [5.74, 6) is 1.96. The Morgan fingerprint density at radius 1 is 1.00 bits per heavy atom. The molecule has 0 aliphatic rings. The van der Waals surface area contributed by atoms with Crippen molar-refractivity contribution in [3.8, 4) is 11.4 Å². The SMILES string of the molecule is CC(=O)c1ccc(Nc2cc(C)nc3nc(-c4ccccc4)nn23)cc1. The van der Waals surface area contributed by atoms with Crippen LogP contribution in [0.2, 0.25) is 0 Å². The van der Waals surface area contributed by atoms with Gasteiger partial charge in [0.2, 0.25) is 0 Å². The number of benzene rings is 2. The molecule has 0 bridgehead atoms. The normalized spacial score (nSPS) is 10.8. The molecule has 0 atom stereocenters. The summed E-state index contributed by atoms with van der Waals surface area (Å²) in [7, 11) is 0. The van der Waals surface area contributed by atoms with Crippen LogP contribution in [0.15, 0.2) is 60.7 Å².